The second-order valence-electron chi connectivity index (χ2n) is 16.6. The normalized spacial score (nSPS) is 18.5. The van der Waals surface area contributed by atoms with Crippen LogP contribution in [0.4, 0.5) is 5.13 Å². The number of unbranched alkanes of at least 4 members (excludes halogenated alkanes) is 2. The van der Waals surface area contributed by atoms with Gasteiger partial charge in [0.25, 0.3) is 0 Å². The molecule has 346 valence electrons. The lowest BCUT2D eigenvalue weighted by Gasteiger charge is -2.29. The third-order valence-electron chi connectivity index (χ3n) is 12.0. The predicted molar refractivity (Wildman–Crippen MR) is 252 cm³/mol. The number of nitrogens with zero attached hydrogens (tertiary/aromatic N) is 4. The summed E-state index contributed by atoms with van der Waals surface area (Å²) in [6, 6.07) is 23.3. The number of hydrazone groups is 1. The molecular weight excluding hydrogens is 845 g/mol. The molecule has 1 aromatic heterocycles. The van der Waals surface area contributed by atoms with Gasteiger partial charge in [-0.25, -0.2) is 14.8 Å². The maximum Gasteiger partial charge on any atom is 0.330 e. The van der Waals surface area contributed by atoms with E-state index < -0.39 is 5.97 Å². The number of benzene rings is 3. The number of esters is 3. The Morgan fingerprint density at radius 2 is 1.51 bits per heavy atom. The van der Waals surface area contributed by atoms with E-state index in [0.29, 0.717) is 88.2 Å². The van der Waals surface area contributed by atoms with E-state index in [1.807, 2.05) is 29.3 Å². The fourth-order valence-electron chi connectivity index (χ4n) is 8.34. The third kappa shape index (κ3) is 15.5. The highest BCUT2D eigenvalue weighted by Crippen LogP contribution is 2.39. The molecule has 14 heteroatoms. The zero-order valence-electron chi connectivity index (χ0n) is 37.5. The summed E-state index contributed by atoms with van der Waals surface area (Å²) < 4.78 is 34.4. The summed E-state index contributed by atoms with van der Waals surface area (Å²) in [5, 5.41) is 16.8. The maximum atomic E-state index is 13.8. The van der Waals surface area contributed by atoms with Crippen LogP contribution in [0.5, 0.6) is 17.2 Å². The van der Waals surface area contributed by atoms with E-state index in [-0.39, 0.29) is 37.0 Å². The molecule has 0 aliphatic heterocycles. The van der Waals surface area contributed by atoms with Crippen molar-refractivity contribution >= 4 is 50.8 Å². The second-order valence-corrected chi connectivity index (χ2v) is 17.6. The Labute approximate surface area is 386 Å². The number of para-hydroxylation sites is 1. The Morgan fingerprint density at radius 3 is 2.20 bits per heavy atom. The lowest BCUT2D eigenvalue weighted by molar-refractivity contribution is -0.145. The SMILES string of the molecule is C=CC(=O)OCCOCCOCCOc1ccc(OC(=O)C2CCC(C(=O)Oc3ccc(C4CCC(CCC)CC4)cc3/C=N/N(CCCCC#N)c3nc4ccccc4s3)CC2)cc1. The van der Waals surface area contributed by atoms with Crippen LogP contribution < -0.4 is 19.2 Å². The molecule has 6 rings (SSSR count). The molecule has 0 N–H and O–H groups in total. The first-order valence-electron chi connectivity index (χ1n) is 23.1. The zero-order valence-corrected chi connectivity index (χ0v) is 38.4. The van der Waals surface area contributed by atoms with Crippen molar-refractivity contribution in [3.8, 4) is 23.3 Å². The van der Waals surface area contributed by atoms with E-state index in [9.17, 15) is 14.4 Å². The van der Waals surface area contributed by atoms with Crippen molar-refractivity contribution in [2.24, 2.45) is 22.9 Å². The largest absolute Gasteiger partial charge is 0.491 e. The van der Waals surface area contributed by atoms with Crippen molar-refractivity contribution in [1.82, 2.24) is 4.98 Å². The molecule has 0 spiro atoms. The second kappa shape index (κ2) is 26.4. The van der Waals surface area contributed by atoms with Crippen molar-refractivity contribution in [2.45, 2.75) is 96.3 Å². The molecule has 1 heterocycles. The lowest BCUT2D eigenvalue weighted by atomic mass is 9.77. The van der Waals surface area contributed by atoms with Gasteiger partial charge in [-0.3, -0.25) is 9.59 Å². The monoisotopic (exact) mass is 906 g/mol. The summed E-state index contributed by atoms with van der Waals surface area (Å²) in [4.78, 5) is 42.9. The van der Waals surface area contributed by atoms with Gasteiger partial charge in [0.2, 0.25) is 5.13 Å². The fourth-order valence-corrected chi connectivity index (χ4v) is 9.29. The van der Waals surface area contributed by atoms with Crippen molar-refractivity contribution < 1.29 is 42.8 Å². The number of rotatable bonds is 25. The molecule has 0 amide bonds. The molecule has 2 aliphatic rings. The minimum absolute atomic E-state index is 0.159. The summed E-state index contributed by atoms with van der Waals surface area (Å²) in [6.07, 6.45) is 14.2. The van der Waals surface area contributed by atoms with Gasteiger partial charge in [-0.05, 0) is 130 Å². The Hall–Kier alpha value is -5.62. The van der Waals surface area contributed by atoms with Crippen LogP contribution in [-0.4, -0.2) is 75.3 Å². The van der Waals surface area contributed by atoms with E-state index in [4.69, 9.17) is 43.8 Å². The molecule has 2 saturated carbocycles. The number of nitriles is 1. The third-order valence-corrected chi connectivity index (χ3v) is 13.0. The average molecular weight is 907 g/mol. The standard InChI is InChI=1S/C51H62N4O9S/c1-3-10-37-13-15-38(16-14-37)41-21-26-46(42(35-41)36-53-55(28-9-5-8-27-52)51-54-45-11-6-7-12-47(45)65-51)64-50(58)40-19-17-39(18-20-40)49(57)63-44-24-22-43(23-25-44)61-33-31-59-29-30-60-32-34-62-48(56)4-2/h4,6-7,11-12,21-26,35-40H,2-3,5,8-10,13-20,28-34H2,1H3/b53-36+. The Bertz CT molecular complexity index is 2170. The number of carbonyl (C=O) groups excluding carboxylic acids is 3. The maximum absolute atomic E-state index is 13.8. The highest BCUT2D eigenvalue weighted by atomic mass is 32.1. The van der Waals surface area contributed by atoms with Gasteiger partial charge in [-0.1, -0.05) is 55.9 Å². The van der Waals surface area contributed by atoms with Crippen LogP contribution in [0.2, 0.25) is 0 Å². The van der Waals surface area contributed by atoms with Gasteiger partial charge in [0.05, 0.1) is 60.8 Å². The summed E-state index contributed by atoms with van der Waals surface area (Å²) in [7, 11) is 0. The van der Waals surface area contributed by atoms with Crippen LogP contribution in [0, 0.1) is 29.1 Å². The van der Waals surface area contributed by atoms with Crippen LogP contribution >= 0.6 is 11.3 Å². The highest BCUT2D eigenvalue weighted by Gasteiger charge is 2.33. The number of ether oxygens (including phenoxy) is 6. The van der Waals surface area contributed by atoms with Crippen LogP contribution in [0.15, 0.2) is 84.5 Å². The molecule has 0 unspecified atom stereocenters. The van der Waals surface area contributed by atoms with Crippen LogP contribution in [-0.2, 0) is 28.6 Å². The minimum Gasteiger partial charge on any atom is -0.491 e. The molecule has 3 aromatic carbocycles. The fraction of sp³-hybridized carbons (Fsp3) is 0.490. The molecule has 0 radical (unpaired) electrons. The number of hydrogen-bond donors (Lipinski definition) is 0. The van der Waals surface area contributed by atoms with Crippen LogP contribution in [0.25, 0.3) is 10.2 Å². The number of fused-ring (bicyclic) bond motifs is 1. The summed E-state index contributed by atoms with van der Waals surface area (Å²) in [5.74, 6) is 0.943. The van der Waals surface area contributed by atoms with Gasteiger partial charge in [0, 0.05) is 24.6 Å². The van der Waals surface area contributed by atoms with Crippen molar-refractivity contribution in [2.75, 3.05) is 51.2 Å². The quantitative estimate of drug-likeness (QED) is 0.0155. The van der Waals surface area contributed by atoms with E-state index in [0.717, 1.165) is 58.6 Å². The first kappa shape index (κ1) is 48.8. The Morgan fingerprint density at radius 1 is 0.831 bits per heavy atom. The molecule has 4 aromatic rings. The van der Waals surface area contributed by atoms with E-state index >= 15 is 0 Å². The molecule has 0 atom stereocenters. The van der Waals surface area contributed by atoms with Gasteiger partial charge in [-0.2, -0.15) is 10.4 Å². The average Bonchev–Trinajstić information content (AvgIpc) is 3.77. The lowest BCUT2D eigenvalue weighted by Crippen LogP contribution is -2.30. The smallest absolute Gasteiger partial charge is 0.330 e. The van der Waals surface area contributed by atoms with Gasteiger partial charge < -0.3 is 28.4 Å². The number of hydrogen-bond acceptors (Lipinski definition) is 14. The molecule has 0 saturated heterocycles. The summed E-state index contributed by atoms with van der Waals surface area (Å²) in [6.45, 7) is 8.06. The van der Waals surface area contributed by atoms with Gasteiger partial charge >= 0.3 is 17.9 Å². The molecule has 13 nitrogen and oxygen atoms in total. The predicted octanol–water partition coefficient (Wildman–Crippen LogP) is 10.4. The summed E-state index contributed by atoms with van der Waals surface area (Å²) >= 11 is 1.57. The number of aromatic nitrogens is 1. The van der Waals surface area contributed by atoms with Crippen molar-refractivity contribution in [1.29, 1.82) is 5.26 Å². The minimum atomic E-state index is -0.483. The zero-order chi connectivity index (χ0) is 45.6. The van der Waals surface area contributed by atoms with E-state index in [2.05, 4.69) is 37.8 Å². The van der Waals surface area contributed by atoms with Crippen LogP contribution in [0.1, 0.15) is 107 Å². The first-order valence-corrected chi connectivity index (χ1v) is 23.9. The molecule has 2 aliphatic carbocycles. The van der Waals surface area contributed by atoms with Gasteiger partial charge in [0.1, 0.15) is 30.5 Å². The van der Waals surface area contributed by atoms with E-state index in [1.54, 1.807) is 41.8 Å². The Balaban J connectivity index is 1.01. The Kier molecular flexibility index (Phi) is 19.8. The molecule has 2 fully saturated rings. The number of thiazole rings is 1. The highest BCUT2D eigenvalue weighted by molar-refractivity contribution is 7.22. The number of anilines is 1. The van der Waals surface area contributed by atoms with Gasteiger partial charge in [-0.15, -0.1) is 0 Å². The first-order chi connectivity index (χ1) is 31.8. The van der Waals surface area contributed by atoms with E-state index in [1.165, 1.54) is 31.2 Å². The van der Waals surface area contributed by atoms with Crippen LogP contribution in [0.3, 0.4) is 0 Å². The van der Waals surface area contributed by atoms with Crippen molar-refractivity contribution in [3.05, 3.63) is 90.5 Å². The molecule has 65 heavy (non-hydrogen) atoms. The topological polar surface area (TPSA) is 159 Å². The molecule has 0 bridgehead atoms. The van der Waals surface area contributed by atoms with Crippen molar-refractivity contribution in [3.63, 3.8) is 0 Å². The molecular formula is C51H62N4O9S. The number of carbonyl (C=O) groups is 3. The van der Waals surface area contributed by atoms with Gasteiger partial charge in [0.15, 0.2) is 0 Å². The summed E-state index contributed by atoms with van der Waals surface area (Å²) in [5.41, 5.74) is 2.88.